The summed E-state index contributed by atoms with van der Waals surface area (Å²) in [6.07, 6.45) is -0.558. The fourth-order valence-corrected chi connectivity index (χ4v) is 0.367. The van der Waals surface area contributed by atoms with Gasteiger partial charge in [-0.05, 0) is 30.2 Å². The molecule has 0 bridgehead atoms. The van der Waals surface area contributed by atoms with Gasteiger partial charge in [0.15, 0.2) is 0 Å². The Kier molecular flexibility index (Phi) is 3.06. The molecule has 0 aromatic rings. The third-order valence-electron chi connectivity index (χ3n) is 0.604. The number of carbonyl (C=O) groups excluding carboxylic acids is 1. The van der Waals surface area contributed by atoms with Crippen LogP contribution in [0, 0.1) is 0 Å². The van der Waals surface area contributed by atoms with Crippen LogP contribution in [0.3, 0.4) is 0 Å². The Morgan fingerprint density at radius 2 is 2.00 bits per heavy atom. The molecule has 10 heavy (non-hydrogen) atoms. The number of nitrogens with zero attached hydrogens (tertiary/aromatic N) is 1. The summed E-state index contributed by atoms with van der Waals surface area (Å²) in [4.78, 5) is 10.7. The Morgan fingerprint density at radius 3 is 2.10 bits per heavy atom. The van der Waals surface area contributed by atoms with E-state index in [-0.39, 0.29) is 0 Å². The van der Waals surface area contributed by atoms with Crippen molar-refractivity contribution in [3.8, 4) is 0 Å². The molecule has 60 valence electrons. The van der Waals surface area contributed by atoms with Crippen LogP contribution < -0.4 is 5.84 Å². The van der Waals surface area contributed by atoms with E-state index in [1.165, 1.54) is 0 Å². The van der Waals surface area contributed by atoms with E-state index >= 15 is 0 Å². The van der Waals surface area contributed by atoms with Crippen molar-refractivity contribution in [2.75, 3.05) is 0 Å². The predicted octanol–water partition coefficient (Wildman–Crippen LogP) is 0.887. The second-order valence-corrected chi connectivity index (χ2v) is 3.44. The number of carbonyl (C=O) groups is 1. The largest absolute Gasteiger partial charge is 0.443 e. The monoisotopic (exact) mass is 164 g/mol. The topological polar surface area (TPSA) is 55.6 Å². The van der Waals surface area contributed by atoms with Crippen molar-refractivity contribution in [1.82, 2.24) is 4.78 Å². The molecular formula is C5H13N2O2P. The average molecular weight is 164 g/mol. The Bertz CT molecular complexity index is 130. The zero-order valence-corrected chi connectivity index (χ0v) is 7.57. The molecule has 0 aliphatic heterocycles. The van der Waals surface area contributed by atoms with Gasteiger partial charge in [0, 0.05) is 0 Å². The van der Waals surface area contributed by atoms with Gasteiger partial charge >= 0.3 is 6.09 Å². The molecule has 0 radical (unpaired) electrons. The third-order valence-corrected chi connectivity index (χ3v) is 0.815. The van der Waals surface area contributed by atoms with Crippen molar-refractivity contribution in [2.45, 2.75) is 26.4 Å². The maximum Gasteiger partial charge on any atom is 0.427 e. The normalized spacial score (nSPS) is 10.9. The van der Waals surface area contributed by atoms with Crippen LogP contribution in [0.5, 0.6) is 0 Å². The van der Waals surface area contributed by atoms with Crippen molar-refractivity contribution in [1.29, 1.82) is 0 Å². The lowest BCUT2D eigenvalue weighted by Crippen LogP contribution is -2.34. The number of rotatable bonds is 0. The van der Waals surface area contributed by atoms with Gasteiger partial charge in [-0.25, -0.2) is 15.4 Å². The minimum atomic E-state index is -0.558. The lowest BCUT2D eigenvalue weighted by Gasteiger charge is -2.21. The minimum Gasteiger partial charge on any atom is -0.443 e. The fraction of sp³-hybridized carbons (Fsp3) is 0.800. The van der Waals surface area contributed by atoms with Crippen LogP contribution in [0.4, 0.5) is 4.79 Å². The SMILES string of the molecule is CC(C)(C)OC(=O)N(N)P. The average Bonchev–Trinajstić information content (AvgIpc) is 1.60. The quantitative estimate of drug-likeness (QED) is 0.250. The van der Waals surface area contributed by atoms with E-state index in [4.69, 9.17) is 10.6 Å². The highest BCUT2D eigenvalue weighted by atomic mass is 31.0. The Morgan fingerprint density at radius 1 is 1.60 bits per heavy atom. The second-order valence-electron chi connectivity index (χ2n) is 2.89. The van der Waals surface area contributed by atoms with Crippen LogP contribution >= 0.6 is 9.39 Å². The summed E-state index contributed by atoms with van der Waals surface area (Å²) in [7, 11) is 2.01. The number of ether oxygens (including phenoxy) is 1. The molecule has 0 saturated carbocycles. The predicted molar refractivity (Wildman–Crippen MR) is 42.0 cm³/mol. The van der Waals surface area contributed by atoms with Crippen LogP contribution in [0.15, 0.2) is 0 Å². The molecule has 1 atom stereocenters. The van der Waals surface area contributed by atoms with Crippen LogP contribution in [0.1, 0.15) is 20.8 Å². The Labute approximate surface area is 62.9 Å². The van der Waals surface area contributed by atoms with Crippen LogP contribution in [-0.2, 0) is 4.74 Å². The zero-order valence-electron chi connectivity index (χ0n) is 6.42. The van der Waals surface area contributed by atoms with Crippen molar-refractivity contribution < 1.29 is 9.53 Å². The summed E-state index contributed by atoms with van der Waals surface area (Å²) < 4.78 is 5.66. The molecule has 0 fully saturated rings. The van der Waals surface area contributed by atoms with Gasteiger partial charge in [0.2, 0.25) is 0 Å². The molecule has 0 saturated heterocycles. The van der Waals surface area contributed by atoms with Crippen LogP contribution in [0.25, 0.3) is 0 Å². The summed E-state index contributed by atoms with van der Waals surface area (Å²) in [5, 5.41) is 0. The van der Waals surface area contributed by atoms with E-state index in [2.05, 4.69) is 0 Å². The van der Waals surface area contributed by atoms with E-state index in [9.17, 15) is 4.79 Å². The molecule has 0 aliphatic rings. The van der Waals surface area contributed by atoms with Gasteiger partial charge in [-0.2, -0.15) is 0 Å². The van der Waals surface area contributed by atoms with Crippen molar-refractivity contribution >= 4 is 15.5 Å². The van der Waals surface area contributed by atoms with E-state index in [1.54, 1.807) is 20.8 Å². The van der Waals surface area contributed by atoms with Crippen LogP contribution in [-0.4, -0.2) is 16.5 Å². The highest BCUT2D eigenvalue weighted by molar-refractivity contribution is 7.14. The molecule has 0 spiro atoms. The summed E-state index contributed by atoms with van der Waals surface area (Å²) in [6.45, 7) is 5.33. The first-order valence-corrected chi connectivity index (χ1v) is 3.37. The smallest absolute Gasteiger partial charge is 0.427 e. The van der Waals surface area contributed by atoms with Crippen molar-refractivity contribution in [2.24, 2.45) is 5.84 Å². The lowest BCUT2D eigenvalue weighted by molar-refractivity contribution is 0.0402. The second kappa shape index (κ2) is 3.17. The molecular weight excluding hydrogens is 151 g/mol. The Balaban J connectivity index is 3.81. The van der Waals surface area contributed by atoms with E-state index in [1.807, 2.05) is 9.39 Å². The Hall–Kier alpha value is -0.340. The zero-order chi connectivity index (χ0) is 8.36. The highest BCUT2D eigenvalue weighted by Gasteiger charge is 2.17. The standard InChI is InChI=1S/C5H13N2O2P/c1-5(2,3)9-4(8)7(6)10/h6,10H2,1-3H3. The number of nitrogens with two attached hydrogens (primary N) is 1. The maximum atomic E-state index is 10.7. The molecule has 0 rings (SSSR count). The first kappa shape index (κ1) is 9.66. The van der Waals surface area contributed by atoms with Crippen molar-refractivity contribution in [3.63, 3.8) is 0 Å². The molecule has 0 aliphatic carbocycles. The summed E-state index contributed by atoms with van der Waals surface area (Å²) in [5.74, 6) is 5.06. The summed E-state index contributed by atoms with van der Waals surface area (Å²) in [6, 6.07) is 0. The number of hydrogen-bond donors (Lipinski definition) is 1. The van der Waals surface area contributed by atoms with Gasteiger partial charge in [-0.15, -0.1) is 0 Å². The van der Waals surface area contributed by atoms with E-state index in [0.29, 0.717) is 0 Å². The first-order chi connectivity index (χ1) is 4.33. The molecule has 4 nitrogen and oxygen atoms in total. The number of amides is 1. The molecule has 2 N–H and O–H groups in total. The molecule has 1 unspecified atom stereocenters. The van der Waals surface area contributed by atoms with Gasteiger partial charge in [0.05, 0.1) is 0 Å². The summed E-state index contributed by atoms with van der Waals surface area (Å²) >= 11 is 0. The van der Waals surface area contributed by atoms with Gasteiger partial charge in [0.25, 0.3) is 0 Å². The van der Waals surface area contributed by atoms with E-state index < -0.39 is 11.7 Å². The number of hydrazine groups is 1. The maximum absolute atomic E-state index is 10.7. The third kappa shape index (κ3) is 4.53. The van der Waals surface area contributed by atoms with Gasteiger partial charge < -0.3 is 4.74 Å². The van der Waals surface area contributed by atoms with Gasteiger partial charge in [0.1, 0.15) is 5.60 Å². The fourth-order valence-electron chi connectivity index (χ4n) is 0.315. The molecule has 0 heterocycles. The minimum absolute atomic E-state index is 0.481. The number of hydrogen-bond acceptors (Lipinski definition) is 3. The van der Waals surface area contributed by atoms with Gasteiger partial charge in [-0.3, -0.25) is 0 Å². The summed E-state index contributed by atoms with van der Waals surface area (Å²) in [5.41, 5.74) is -0.481. The molecule has 5 heteroatoms. The van der Waals surface area contributed by atoms with Crippen LogP contribution in [0.2, 0.25) is 0 Å². The van der Waals surface area contributed by atoms with Crippen molar-refractivity contribution in [3.05, 3.63) is 0 Å². The van der Waals surface area contributed by atoms with Gasteiger partial charge in [-0.1, -0.05) is 0 Å². The molecule has 0 aromatic heterocycles. The highest BCUT2D eigenvalue weighted by Crippen LogP contribution is 2.09. The molecule has 1 amide bonds. The lowest BCUT2D eigenvalue weighted by atomic mass is 10.2. The molecule has 0 aromatic carbocycles. The first-order valence-electron chi connectivity index (χ1n) is 2.85. The van der Waals surface area contributed by atoms with E-state index in [0.717, 1.165) is 4.78 Å².